The molecule has 0 bridgehead atoms. The zero-order valence-corrected chi connectivity index (χ0v) is 14.1. The second-order valence-corrected chi connectivity index (χ2v) is 7.77. The van der Waals surface area contributed by atoms with Crippen molar-refractivity contribution in [1.82, 2.24) is 5.32 Å². The molecule has 0 aliphatic heterocycles. The summed E-state index contributed by atoms with van der Waals surface area (Å²) in [5.74, 6) is 0. The SMILES string of the molecule is CN[C@H](C)C1=C(P(c2ccccc2)c2ccccc2)CC=C1. The lowest BCUT2D eigenvalue weighted by molar-refractivity contribution is 0.705. The normalized spacial score (nSPS) is 15.6. The van der Waals surface area contributed by atoms with Crippen LogP contribution in [-0.2, 0) is 0 Å². The number of nitrogens with one attached hydrogen (secondary N) is 1. The van der Waals surface area contributed by atoms with Crippen LogP contribution in [0.4, 0.5) is 0 Å². The molecule has 0 saturated heterocycles. The Hall–Kier alpha value is -1.69. The summed E-state index contributed by atoms with van der Waals surface area (Å²) in [6, 6.07) is 22.3. The third kappa shape index (κ3) is 3.06. The first-order valence-electron chi connectivity index (χ1n) is 7.78. The number of hydrogen-bond acceptors (Lipinski definition) is 1. The summed E-state index contributed by atoms with van der Waals surface area (Å²) >= 11 is 0. The van der Waals surface area contributed by atoms with Gasteiger partial charge in [0, 0.05) is 6.04 Å². The van der Waals surface area contributed by atoms with Gasteiger partial charge < -0.3 is 5.32 Å². The molecule has 0 unspecified atom stereocenters. The van der Waals surface area contributed by atoms with Gasteiger partial charge in [-0.15, -0.1) is 0 Å². The molecule has 3 rings (SSSR count). The topological polar surface area (TPSA) is 12.0 Å². The van der Waals surface area contributed by atoms with Gasteiger partial charge in [0.15, 0.2) is 0 Å². The summed E-state index contributed by atoms with van der Waals surface area (Å²) in [7, 11) is 1.58. The Labute approximate surface area is 134 Å². The molecule has 1 aliphatic carbocycles. The van der Waals surface area contributed by atoms with E-state index in [9.17, 15) is 0 Å². The Bertz CT molecular complexity index is 634. The standard InChI is InChI=1S/C20H22NP/c1-16(21-2)19-14-9-15-20(19)22(17-10-5-3-6-11-17)18-12-7-4-8-13-18/h3-14,16,21H,15H2,1-2H3/t16-/m1/s1. The molecule has 0 saturated carbocycles. The number of benzene rings is 2. The molecule has 112 valence electrons. The van der Waals surface area contributed by atoms with E-state index >= 15 is 0 Å². The summed E-state index contributed by atoms with van der Waals surface area (Å²) in [4.78, 5) is 0. The highest BCUT2D eigenvalue weighted by Crippen LogP contribution is 2.49. The number of allylic oxidation sites excluding steroid dienone is 2. The van der Waals surface area contributed by atoms with Crippen LogP contribution >= 0.6 is 7.92 Å². The zero-order valence-electron chi connectivity index (χ0n) is 13.2. The molecule has 2 aromatic rings. The van der Waals surface area contributed by atoms with E-state index in [4.69, 9.17) is 0 Å². The van der Waals surface area contributed by atoms with Gasteiger partial charge in [0.05, 0.1) is 0 Å². The van der Waals surface area contributed by atoms with Gasteiger partial charge in [-0.1, -0.05) is 72.8 Å². The molecule has 2 heteroatoms. The van der Waals surface area contributed by atoms with E-state index in [1.165, 1.54) is 16.2 Å². The minimum absolute atomic E-state index is 0.395. The molecule has 1 atom stereocenters. The van der Waals surface area contributed by atoms with Crippen molar-refractivity contribution in [1.29, 1.82) is 0 Å². The fourth-order valence-electron chi connectivity index (χ4n) is 2.90. The molecule has 22 heavy (non-hydrogen) atoms. The summed E-state index contributed by atoms with van der Waals surface area (Å²) in [6.07, 6.45) is 5.67. The van der Waals surface area contributed by atoms with Crippen LogP contribution in [0.15, 0.2) is 83.7 Å². The fraction of sp³-hybridized carbons (Fsp3) is 0.200. The van der Waals surface area contributed by atoms with Crippen LogP contribution in [-0.4, -0.2) is 13.1 Å². The Morgan fingerprint density at radius 3 is 1.95 bits per heavy atom. The molecular formula is C20H22NP. The van der Waals surface area contributed by atoms with Crippen molar-refractivity contribution < 1.29 is 0 Å². The highest BCUT2D eigenvalue weighted by Gasteiger charge is 2.24. The van der Waals surface area contributed by atoms with E-state index in [0.29, 0.717) is 6.04 Å². The molecule has 0 fully saturated rings. The summed E-state index contributed by atoms with van der Waals surface area (Å²) in [5.41, 5.74) is 1.46. The quantitative estimate of drug-likeness (QED) is 0.825. The third-order valence-corrected chi connectivity index (χ3v) is 6.75. The number of hydrogen-bond donors (Lipinski definition) is 1. The molecule has 0 amide bonds. The van der Waals surface area contributed by atoms with E-state index in [0.717, 1.165) is 6.42 Å². The molecular weight excluding hydrogens is 285 g/mol. The summed E-state index contributed by atoms with van der Waals surface area (Å²) in [5, 5.41) is 7.84. The maximum absolute atomic E-state index is 3.40. The van der Waals surface area contributed by atoms with Crippen LogP contribution < -0.4 is 15.9 Å². The van der Waals surface area contributed by atoms with Crippen molar-refractivity contribution in [3.8, 4) is 0 Å². The number of likely N-dealkylation sites (N-methyl/N-ethyl adjacent to an activating group) is 1. The van der Waals surface area contributed by atoms with E-state index in [1.807, 2.05) is 7.05 Å². The lowest BCUT2D eigenvalue weighted by Gasteiger charge is -2.24. The molecule has 0 spiro atoms. The van der Waals surface area contributed by atoms with Crippen molar-refractivity contribution in [2.24, 2.45) is 0 Å². The molecule has 1 aliphatic rings. The van der Waals surface area contributed by atoms with Crippen molar-refractivity contribution in [3.05, 3.63) is 83.7 Å². The maximum atomic E-state index is 3.40. The highest BCUT2D eigenvalue weighted by molar-refractivity contribution is 7.76. The highest BCUT2D eigenvalue weighted by atomic mass is 31.1. The average Bonchev–Trinajstić information content (AvgIpc) is 3.06. The van der Waals surface area contributed by atoms with E-state index in [2.05, 4.69) is 85.1 Å². The molecule has 0 heterocycles. The van der Waals surface area contributed by atoms with Gasteiger partial charge in [-0.05, 0) is 49.8 Å². The Morgan fingerprint density at radius 1 is 0.909 bits per heavy atom. The van der Waals surface area contributed by atoms with Gasteiger partial charge in [0.25, 0.3) is 0 Å². The van der Waals surface area contributed by atoms with Gasteiger partial charge in [-0.2, -0.15) is 0 Å². The molecule has 0 radical (unpaired) electrons. The maximum Gasteiger partial charge on any atom is 0.0292 e. The Balaban J connectivity index is 2.11. The van der Waals surface area contributed by atoms with Crippen molar-refractivity contribution in [2.75, 3.05) is 7.05 Å². The van der Waals surface area contributed by atoms with Crippen LogP contribution in [0.3, 0.4) is 0 Å². The van der Waals surface area contributed by atoms with Crippen molar-refractivity contribution in [2.45, 2.75) is 19.4 Å². The summed E-state index contributed by atoms with van der Waals surface area (Å²) < 4.78 is 0. The second kappa shape index (κ2) is 7.05. The lowest BCUT2D eigenvalue weighted by Crippen LogP contribution is -2.24. The lowest BCUT2D eigenvalue weighted by atomic mass is 10.1. The Kier molecular flexibility index (Phi) is 4.87. The first-order chi connectivity index (χ1) is 10.8. The third-order valence-electron chi connectivity index (χ3n) is 4.14. The largest absolute Gasteiger partial charge is 0.313 e. The first-order valence-corrected chi connectivity index (χ1v) is 9.12. The molecule has 0 aromatic heterocycles. The van der Waals surface area contributed by atoms with Crippen molar-refractivity contribution in [3.63, 3.8) is 0 Å². The van der Waals surface area contributed by atoms with Crippen LogP contribution in [0, 0.1) is 0 Å². The molecule has 1 N–H and O–H groups in total. The minimum Gasteiger partial charge on any atom is -0.313 e. The average molecular weight is 307 g/mol. The van der Waals surface area contributed by atoms with Gasteiger partial charge in [-0.3, -0.25) is 0 Å². The minimum atomic E-state index is -0.452. The smallest absolute Gasteiger partial charge is 0.0292 e. The number of rotatable bonds is 5. The van der Waals surface area contributed by atoms with Gasteiger partial charge in [0.1, 0.15) is 0 Å². The fourth-order valence-corrected chi connectivity index (χ4v) is 5.57. The van der Waals surface area contributed by atoms with Gasteiger partial charge in [-0.25, -0.2) is 0 Å². The van der Waals surface area contributed by atoms with Gasteiger partial charge in [0.2, 0.25) is 0 Å². The Morgan fingerprint density at radius 2 is 1.45 bits per heavy atom. The first kappa shape index (κ1) is 15.2. The van der Waals surface area contributed by atoms with Gasteiger partial charge >= 0.3 is 0 Å². The van der Waals surface area contributed by atoms with E-state index < -0.39 is 7.92 Å². The molecule has 2 aromatic carbocycles. The monoisotopic (exact) mass is 307 g/mol. The second-order valence-electron chi connectivity index (χ2n) is 5.53. The summed E-state index contributed by atoms with van der Waals surface area (Å²) in [6.45, 7) is 2.24. The molecule has 1 nitrogen and oxygen atoms in total. The van der Waals surface area contributed by atoms with Crippen LogP contribution in [0.25, 0.3) is 0 Å². The van der Waals surface area contributed by atoms with Crippen LogP contribution in [0.1, 0.15) is 13.3 Å². The predicted molar refractivity (Wildman–Crippen MR) is 98.4 cm³/mol. The zero-order chi connectivity index (χ0) is 15.4. The van der Waals surface area contributed by atoms with Crippen LogP contribution in [0.5, 0.6) is 0 Å². The van der Waals surface area contributed by atoms with Crippen molar-refractivity contribution >= 4 is 18.5 Å². The van der Waals surface area contributed by atoms with E-state index in [-0.39, 0.29) is 0 Å². The van der Waals surface area contributed by atoms with Crippen LogP contribution in [0.2, 0.25) is 0 Å². The predicted octanol–water partition coefficient (Wildman–Crippen LogP) is 3.94. The van der Waals surface area contributed by atoms with E-state index in [1.54, 1.807) is 5.31 Å².